The molecule has 1 aromatic heterocycles. The predicted octanol–water partition coefficient (Wildman–Crippen LogP) is 3.65. The average Bonchev–Trinajstić information content (AvgIpc) is 3.09. The smallest absolute Gasteiger partial charge is 0.229 e. The third kappa shape index (κ3) is 4.14. The second-order valence-electron chi connectivity index (χ2n) is 6.17. The van der Waals surface area contributed by atoms with Crippen LogP contribution in [-0.4, -0.2) is 28.9 Å². The normalized spacial score (nSPS) is 12.6. The number of aromatic nitrogens is 2. The Bertz CT molecular complexity index is 956. The molecule has 7 heteroatoms. The molecule has 138 valence electrons. The molecule has 0 saturated carbocycles. The van der Waals surface area contributed by atoms with Gasteiger partial charge < -0.3 is 14.8 Å². The Morgan fingerprint density at radius 3 is 2.63 bits per heavy atom. The van der Waals surface area contributed by atoms with E-state index < -0.39 is 0 Å². The van der Waals surface area contributed by atoms with Gasteiger partial charge in [-0.15, -0.1) is 0 Å². The monoisotopic (exact) mass is 427 g/mol. The predicted molar refractivity (Wildman–Crippen MR) is 105 cm³/mol. The lowest BCUT2D eigenvalue weighted by atomic mass is 10.1. The number of carbonyl (C=O) groups is 1. The van der Waals surface area contributed by atoms with Gasteiger partial charge in [-0.3, -0.25) is 4.79 Å². The fraction of sp³-hybridized carbons (Fsp3) is 0.200. The zero-order chi connectivity index (χ0) is 18.6. The number of hydrogen-bond donors (Lipinski definition) is 1. The maximum atomic E-state index is 12.6. The van der Waals surface area contributed by atoms with Gasteiger partial charge in [0.2, 0.25) is 5.91 Å². The lowest BCUT2D eigenvalue weighted by Crippen LogP contribution is -2.19. The van der Waals surface area contributed by atoms with Crippen molar-refractivity contribution in [1.29, 1.82) is 0 Å². The Labute approximate surface area is 165 Å². The van der Waals surface area contributed by atoms with E-state index in [1.165, 1.54) is 0 Å². The molecule has 0 radical (unpaired) electrons. The molecule has 0 fully saturated rings. The summed E-state index contributed by atoms with van der Waals surface area (Å²) in [6, 6.07) is 15.5. The van der Waals surface area contributed by atoms with Crippen molar-refractivity contribution in [2.75, 3.05) is 18.5 Å². The molecule has 1 N–H and O–H groups in total. The van der Waals surface area contributed by atoms with E-state index in [0.717, 1.165) is 15.6 Å². The van der Waals surface area contributed by atoms with Crippen molar-refractivity contribution in [1.82, 2.24) is 9.78 Å². The minimum Gasteiger partial charge on any atom is -0.486 e. The number of nitrogens with zero attached hydrogens (tertiary/aromatic N) is 2. The van der Waals surface area contributed by atoms with Gasteiger partial charge >= 0.3 is 0 Å². The van der Waals surface area contributed by atoms with Crippen LogP contribution in [0.25, 0.3) is 0 Å². The van der Waals surface area contributed by atoms with E-state index in [1.807, 2.05) is 42.5 Å². The minimum atomic E-state index is -0.123. The summed E-state index contributed by atoms with van der Waals surface area (Å²) in [7, 11) is 0. The molecule has 0 bridgehead atoms. The Hall–Kier alpha value is -2.80. The number of ether oxygens (including phenoxy) is 2. The van der Waals surface area contributed by atoms with Gasteiger partial charge in [0.1, 0.15) is 19.0 Å². The highest BCUT2D eigenvalue weighted by Crippen LogP contribution is 2.35. The van der Waals surface area contributed by atoms with Crippen LogP contribution >= 0.6 is 15.9 Å². The van der Waals surface area contributed by atoms with Gasteiger partial charge in [0.25, 0.3) is 0 Å². The van der Waals surface area contributed by atoms with E-state index in [2.05, 4.69) is 26.3 Å². The summed E-state index contributed by atoms with van der Waals surface area (Å²) >= 11 is 3.51. The van der Waals surface area contributed by atoms with Gasteiger partial charge in [0.15, 0.2) is 11.5 Å². The molecular formula is C20H18BrN3O3. The summed E-state index contributed by atoms with van der Waals surface area (Å²) in [4.78, 5) is 12.6. The number of benzene rings is 2. The molecule has 0 atom stereocenters. The van der Waals surface area contributed by atoms with E-state index in [0.29, 0.717) is 37.1 Å². The first-order chi connectivity index (χ1) is 13.2. The third-order valence-electron chi connectivity index (χ3n) is 4.22. The van der Waals surface area contributed by atoms with E-state index in [9.17, 15) is 4.79 Å². The highest BCUT2D eigenvalue weighted by molar-refractivity contribution is 9.10. The third-order valence-corrected chi connectivity index (χ3v) is 4.96. The van der Waals surface area contributed by atoms with Gasteiger partial charge in [-0.2, -0.15) is 5.10 Å². The highest BCUT2D eigenvalue weighted by atomic mass is 79.9. The van der Waals surface area contributed by atoms with E-state index in [1.54, 1.807) is 16.9 Å². The fourth-order valence-corrected chi connectivity index (χ4v) is 3.39. The highest BCUT2D eigenvalue weighted by Gasteiger charge is 2.17. The topological polar surface area (TPSA) is 65.4 Å². The van der Waals surface area contributed by atoms with E-state index in [4.69, 9.17) is 9.47 Å². The van der Waals surface area contributed by atoms with E-state index in [-0.39, 0.29) is 12.3 Å². The second kappa shape index (κ2) is 7.84. The zero-order valence-corrected chi connectivity index (χ0v) is 16.1. The van der Waals surface area contributed by atoms with Gasteiger partial charge in [-0.1, -0.05) is 46.3 Å². The minimum absolute atomic E-state index is 0.123. The summed E-state index contributed by atoms with van der Waals surface area (Å²) in [5.74, 6) is 1.90. The van der Waals surface area contributed by atoms with Crippen LogP contribution in [0.1, 0.15) is 11.1 Å². The van der Waals surface area contributed by atoms with Crippen molar-refractivity contribution in [3.8, 4) is 11.5 Å². The molecule has 2 heterocycles. The largest absolute Gasteiger partial charge is 0.486 e. The van der Waals surface area contributed by atoms with Gasteiger partial charge in [-0.05, 0) is 23.3 Å². The van der Waals surface area contributed by atoms with Gasteiger partial charge in [-0.25, -0.2) is 4.68 Å². The zero-order valence-electron chi connectivity index (χ0n) is 14.5. The first kappa shape index (κ1) is 17.6. The average molecular weight is 428 g/mol. The first-order valence-electron chi connectivity index (χ1n) is 8.62. The lowest BCUT2D eigenvalue weighted by Gasteiger charge is -2.20. The van der Waals surface area contributed by atoms with Crippen molar-refractivity contribution in [3.63, 3.8) is 0 Å². The Morgan fingerprint density at radius 2 is 1.85 bits per heavy atom. The van der Waals surface area contributed by atoms with Crippen molar-refractivity contribution in [2.45, 2.75) is 13.0 Å². The van der Waals surface area contributed by atoms with Crippen molar-refractivity contribution in [2.24, 2.45) is 0 Å². The summed E-state index contributed by atoms with van der Waals surface area (Å²) < 4.78 is 13.7. The molecule has 1 aliphatic rings. The first-order valence-corrected chi connectivity index (χ1v) is 9.42. The molecule has 0 spiro atoms. The van der Waals surface area contributed by atoms with Crippen molar-refractivity contribution >= 4 is 27.7 Å². The summed E-state index contributed by atoms with van der Waals surface area (Å²) in [5.41, 5.74) is 1.96. The Morgan fingerprint density at radius 1 is 1.11 bits per heavy atom. The number of anilines is 1. The molecule has 1 aliphatic heterocycles. The standard InChI is InChI=1S/C20H18BrN3O3/c21-16-12-18-17(26-8-9-27-18)10-15(16)11-20(25)23-19-6-7-22-24(19)13-14-4-2-1-3-5-14/h1-7,10,12H,8-9,11,13H2,(H,23,25). The number of nitrogens with one attached hydrogen (secondary N) is 1. The molecule has 4 rings (SSSR count). The SMILES string of the molecule is O=C(Cc1cc2c(cc1Br)OCCO2)Nc1ccnn1Cc1ccccc1. The number of rotatable bonds is 5. The van der Waals surface area contributed by atoms with Crippen molar-refractivity contribution < 1.29 is 14.3 Å². The number of halogens is 1. The molecule has 1 amide bonds. The second-order valence-corrected chi connectivity index (χ2v) is 7.03. The summed E-state index contributed by atoms with van der Waals surface area (Å²) in [6.07, 6.45) is 1.90. The van der Waals surface area contributed by atoms with Crippen LogP contribution in [-0.2, 0) is 17.8 Å². The molecule has 27 heavy (non-hydrogen) atoms. The molecule has 0 saturated heterocycles. The molecule has 0 unspecified atom stereocenters. The van der Waals surface area contributed by atoms with Crippen LogP contribution in [0.4, 0.5) is 5.82 Å². The Kier molecular flexibility index (Phi) is 5.11. The van der Waals surface area contributed by atoms with Crippen molar-refractivity contribution in [3.05, 3.63) is 70.3 Å². The van der Waals surface area contributed by atoms with Crippen LogP contribution in [0.3, 0.4) is 0 Å². The van der Waals surface area contributed by atoms with E-state index >= 15 is 0 Å². The molecule has 0 aliphatic carbocycles. The summed E-state index contributed by atoms with van der Waals surface area (Å²) in [6.45, 7) is 1.64. The molecule has 6 nitrogen and oxygen atoms in total. The number of carbonyl (C=O) groups excluding carboxylic acids is 1. The fourth-order valence-electron chi connectivity index (χ4n) is 2.92. The molecule has 2 aromatic carbocycles. The van der Waals surface area contributed by atoms with Crippen LogP contribution in [0.2, 0.25) is 0 Å². The quantitative estimate of drug-likeness (QED) is 0.674. The van der Waals surface area contributed by atoms with Crippen LogP contribution in [0.15, 0.2) is 59.2 Å². The maximum absolute atomic E-state index is 12.6. The number of amides is 1. The van der Waals surface area contributed by atoms with Gasteiger partial charge in [0.05, 0.1) is 19.2 Å². The summed E-state index contributed by atoms with van der Waals surface area (Å²) in [5, 5.41) is 7.24. The molecule has 3 aromatic rings. The number of hydrogen-bond acceptors (Lipinski definition) is 4. The van der Waals surface area contributed by atoms with Crippen LogP contribution < -0.4 is 14.8 Å². The van der Waals surface area contributed by atoms with Crippen LogP contribution in [0.5, 0.6) is 11.5 Å². The van der Waals surface area contributed by atoms with Gasteiger partial charge in [0, 0.05) is 10.5 Å². The lowest BCUT2D eigenvalue weighted by molar-refractivity contribution is -0.115. The number of fused-ring (bicyclic) bond motifs is 1. The van der Waals surface area contributed by atoms with Crippen LogP contribution in [0, 0.1) is 0 Å². The molecular weight excluding hydrogens is 410 g/mol. The Balaban J connectivity index is 1.45. The maximum Gasteiger partial charge on any atom is 0.229 e.